The highest BCUT2D eigenvalue weighted by atomic mass is 19.4. The molecule has 0 bridgehead atoms. The number of amides is 2. The van der Waals surface area contributed by atoms with Crippen LogP contribution in [0.4, 0.5) is 32.2 Å². The number of alkyl halides is 6. The number of fused-ring (bicyclic) bond motifs is 1. The standard InChI is InChI=1S/C24H26F6N4O4/c25-23(26,27)13-37-17-3-1-2-15(10-17)6-7-16-11-18-20(22(36)31-16)21(32-19(35)12-38-24(28,29)30)34(33-18)9-8-14-4-5-14/h1-3,10,14,16H,4-9,11-13H2,(H,31,36)(H,32,35)/t16-/m0/s1. The highest BCUT2D eigenvalue weighted by Crippen LogP contribution is 2.34. The number of halogens is 6. The number of hydrogen-bond acceptors (Lipinski definition) is 5. The molecule has 0 spiro atoms. The van der Waals surface area contributed by atoms with E-state index in [4.69, 9.17) is 4.74 Å². The monoisotopic (exact) mass is 548 g/mol. The van der Waals surface area contributed by atoms with E-state index in [1.807, 2.05) is 0 Å². The molecular formula is C24H26F6N4O4. The van der Waals surface area contributed by atoms with E-state index in [1.54, 1.807) is 12.1 Å². The van der Waals surface area contributed by atoms with Crippen molar-refractivity contribution in [2.45, 2.75) is 63.7 Å². The molecule has 2 N–H and O–H groups in total. The predicted molar refractivity (Wildman–Crippen MR) is 121 cm³/mol. The number of anilines is 1. The van der Waals surface area contributed by atoms with Gasteiger partial charge in [-0.3, -0.25) is 14.3 Å². The third kappa shape index (κ3) is 8.10. The van der Waals surface area contributed by atoms with Gasteiger partial charge in [-0.1, -0.05) is 25.0 Å². The smallest absolute Gasteiger partial charge is 0.484 e. The first-order valence-corrected chi connectivity index (χ1v) is 12.1. The maximum Gasteiger partial charge on any atom is 0.523 e. The van der Waals surface area contributed by atoms with Crippen LogP contribution < -0.4 is 15.4 Å². The normalized spacial score (nSPS) is 17.6. The van der Waals surface area contributed by atoms with Crippen molar-refractivity contribution < 1.29 is 45.4 Å². The van der Waals surface area contributed by atoms with Gasteiger partial charge in [0.15, 0.2) is 6.61 Å². The molecule has 1 aromatic carbocycles. The van der Waals surface area contributed by atoms with Crippen LogP contribution in [0.2, 0.25) is 0 Å². The summed E-state index contributed by atoms with van der Waals surface area (Å²) in [5.74, 6) is -0.977. The van der Waals surface area contributed by atoms with E-state index in [2.05, 4.69) is 20.5 Å². The molecule has 1 aromatic heterocycles. The van der Waals surface area contributed by atoms with Gasteiger partial charge in [-0.2, -0.15) is 18.3 Å². The van der Waals surface area contributed by atoms with Gasteiger partial charge in [0.1, 0.15) is 23.7 Å². The molecule has 2 aromatic rings. The van der Waals surface area contributed by atoms with Gasteiger partial charge >= 0.3 is 12.5 Å². The zero-order valence-electron chi connectivity index (χ0n) is 20.1. The summed E-state index contributed by atoms with van der Waals surface area (Å²) in [6.45, 7) is -2.28. The number of rotatable bonds is 11. The van der Waals surface area contributed by atoms with E-state index in [0.29, 0.717) is 37.4 Å². The first kappa shape index (κ1) is 27.7. The summed E-state index contributed by atoms with van der Waals surface area (Å²) in [4.78, 5) is 25.1. The number of nitrogens with zero attached hydrogens (tertiary/aromatic N) is 2. The Bertz CT molecular complexity index is 1160. The largest absolute Gasteiger partial charge is 0.523 e. The summed E-state index contributed by atoms with van der Waals surface area (Å²) in [5.41, 5.74) is 1.22. The Morgan fingerprint density at radius 2 is 1.92 bits per heavy atom. The summed E-state index contributed by atoms with van der Waals surface area (Å²) in [5, 5.41) is 9.66. The molecule has 14 heteroatoms. The Morgan fingerprint density at radius 3 is 2.61 bits per heavy atom. The number of aromatic nitrogens is 2. The molecule has 2 heterocycles. The number of ether oxygens (including phenoxy) is 2. The molecule has 1 aliphatic carbocycles. The van der Waals surface area contributed by atoms with E-state index in [9.17, 15) is 35.9 Å². The highest BCUT2D eigenvalue weighted by Gasteiger charge is 2.34. The number of carbonyl (C=O) groups is 2. The van der Waals surface area contributed by atoms with E-state index in [-0.39, 0.29) is 23.2 Å². The van der Waals surface area contributed by atoms with E-state index < -0.39 is 37.6 Å². The van der Waals surface area contributed by atoms with Crippen LogP contribution in [0.3, 0.4) is 0 Å². The van der Waals surface area contributed by atoms with Crippen LogP contribution in [0.5, 0.6) is 5.75 Å². The maximum atomic E-state index is 13.0. The van der Waals surface area contributed by atoms with Gasteiger partial charge < -0.3 is 15.4 Å². The number of hydrogen-bond donors (Lipinski definition) is 2. The minimum atomic E-state index is -4.97. The molecule has 2 amide bonds. The van der Waals surface area contributed by atoms with Gasteiger partial charge in [0.05, 0.1) is 5.69 Å². The molecule has 1 fully saturated rings. The third-order valence-corrected chi connectivity index (χ3v) is 6.18. The number of benzene rings is 1. The Balaban J connectivity index is 1.42. The molecule has 0 radical (unpaired) electrons. The SMILES string of the molecule is O=C(COC(F)(F)F)Nc1c2c(nn1CCC1CC1)C[C@H](CCc1cccc(OCC(F)(F)F)c1)NC2=O. The highest BCUT2D eigenvalue weighted by molar-refractivity contribution is 6.05. The van der Waals surface area contributed by atoms with Crippen molar-refractivity contribution in [2.75, 3.05) is 18.5 Å². The number of carbonyl (C=O) groups excluding carboxylic acids is 2. The van der Waals surface area contributed by atoms with Gasteiger partial charge in [0, 0.05) is 19.0 Å². The van der Waals surface area contributed by atoms with Crippen LogP contribution >= 0.6 is 0 Å². The van der Waals surface area contributed by atoms with E-state index in [0.717, 1.165) is 24.8 Å². The Morgan fingerprint density at radius 1 is 1.16 bits per heavy atom. The zero-order valence-corrected chi connectivity index (χ0v) is 20.1. The topological polar surface area (TPSA) is 94.5 Å². The summed E-state index contributed by atoms with van der Waals surface area (Å²) in [6, 6.07) is 5.90. The molecule has 0 saturated heterocycles. The molecular weight excluding hydrogens is 522 g/mol. The Kier molecular flexibility index (Phi) is 8.19. The van der Waals surface area contributed by atoms with Gasteiger partial charge in [0.25, 0.3) is 11.8 Å². The minimum absolute atomic E-state index is 0.0295. The lowest BCUT2D eigenvalue weighted by Gasteiger charge is -2.23. The number of aryl methyl sites for hydroxylation is 2. The van der Waals surface area contributed by atoms with E-state index in [1.165, 1.54) is 16.8 Å². The molecule has 38 heavy (non-hydrogen) atoms. The van der Waals surface area contributed by atoms with Gasteiger partial charge in [-0.25, -0.2) is 4.68 Å². The van der Waals surface area contributed by atoms with Gasteiger partial charge in [0.2, 0.25) is 0 Å². The second-order valence-corrected chi connectivity index (χ2v) is 9.37. The first-order chi connectivity index (χ1) is 17.9. The van der Waals surface area contributed by atoms with Crippen LogP contribution in [0.15, 0.2) is 24.3 Å². The molecule has 1 atom stereocenters. The lowest BCUT2D eigenvalue weighted by atomic mass is 9.96. The summed E-state index contributed by atoms with van der Waals surface area (Å²) in [6.07, 6.45) is -5.36. The Labute approximate surface area is 213 Å². The maximum absolute atomic E-state index is 13.0. The van der Waals surface area contributed by atoms with Crippen molar-refractivity contribution in [3.63, 3.8) is 0 Å². The fourth-order valence-electron chi connectivity index (χ4n) is 4.22. The Hall–Kier alpha value is -3.29. The molecule has 2 aliphatic rings. The van der Waals surface area contributed by atoms with E-state index >= 15 is 0 Å². The summed E-state index contributed by atoms with van der Waals surface area (Å²) < 4.78 is 84.1. The molecule has 8 nitrogen and oxygen atoms in total. The van der Waals surface area contributed by atoms with Crippen molar-refractivity contribution in [1.29, 1.82) is 0 Å². The zero-order chi connectivity index (χ0) is 27.5. The molecule has 4 rings (SSSR count). The number of nitrogens with one attached hydrogen (secondary N) is 2. The minimum Gasteiger partial charge on any atom is -0.484 e. The second kappa shape index (κ2) is 11.2. The van der Waals surface area contributed by atoms with Crippen LogP contribution in [-0.2, 0) is 28.9 Å². The summed E-state index contributed by atoms with van der Waals surface area (Å²) in [7, 11) is 0. The molecule has 1 aliphatic heterocycles. The van der Waals surface area contributed by atoms with Gasteiger partial charge in [-0.15, -0.1) is 13.2 Å². The van der Waals surface area contributed by atoms with Crippen molar-refractivity contribution in [2.24, 2.45) is 5.92 Å². The predicted octanol–water partition coefficient (Wildman–Crippen LogP) is 4.39. The lowest BCUT2D eigenvalue weighted by molar-refractivity contribution is -0.320. The fourth-order valence-corrected chi connectivity index (χ4v) is 4.22. The van der Waals surface area contributed by atoms with Crippen molar-refractivity contribution in [1.82, 2.24) is 15.1 Å². The first-order valence-electron chi connectivity index (χ1n) is 12.1. The van der Waals surface area contributed by atoms with Crippen LogP contribution in [0, 0.1) is 5.92 Å². The average molecular weight is 548 g/mol. The van der Waals surface area contributed by atoms with Crippen LogP contribution in [0.1, 0.15) is 47.3 Å². The van der Waals surface area contributed by atoms with Gasteiger partial charge in [-0.05, 0) is 42.9 Å². The van der Waals surface area contributed by atoms with Crippen molar-refractivity contribution in [3.05, 3.63) is 41.1 Å². The van der Waals surface area contributed by atoms with Crippen LogP contribution in [0.25, 0.3) is 0 Å². The third-order valence-electron chi connectivity index (χ3n) is 6.18. The fraction of sp³-hybridized carbons (Fsp3) is 0.542. The quantitative estimate of drug-likeness (QED) is 0.407. The second-order valence-electron chi connectivity index (χ2n) is 9.37. The van der Waals surface area contributed by atoms with Crippen molar-refractivity contribution >= 4 is 17.6 Å². The lowest BCUT2D eigenvalue weighted by Crippen LogP contribution is -2.41. The van der Waals surface area contributed by atoms with Crippen molar-refractivity contribution in [3.8, 4) is 5.75 Å². The summed E-state index contributed by atoms with van der Waals surface area (Å²) >= 11 is 0. The molecule has 0 unspecified atom stereocenters. The molecule has 208 valence electrons. The van der Waals surface area contributed by atoms with Crippen LogP contribution in [-0.4, -0.2) is 53.4 Å². The average Bonchev–Trinajstić information content (AvgIpc) is 3.59. The molecule has 1 saturated carbocycles.